The Kier molecular flexibility index (Phi) is 3.64. The SMILES string of the molecule is COC(=O)C1=C(C)N(C2CC2)C(=O)N[C@H]1c1ccc(C)cc1. The molecule has 22 heavy (non-hydrogen) atoms. The molecular formula is C17H20N2O3. The number of aryl methyl sites for hydroxylation is 1. The number of methoxy groups -OCH3 is 1. The molecule has 5 nitrogen and oxygen atoms in total. The first-order valence-corrected chi connectivity index (χ1v) is 7.48. The molecule has 116 valence electrons. The van der Waals surface area contributed by atoms with Crippen molar-refractivity contribution in [3.8, 4) is 0 Å². The number of hydrogen-bond donors (Lipinski definition) is 1. The number of ether oxygens (including phenoxy) is 1. The maximum atomic E-state index is 12.4. The Morgan fingerprint density at radius 2 is 1.86 bits per heavy atom. The number of urea groups is 1. The molecule has 0 unspecified atom stereocenters. The van der Waals surface area contributed by atoms with Crippen LogP contribution in [0, 0.1) is 6.92 Å². The zero-order valence-electron chi connectivity index (χ0n) is 13.1. The van der Waals surface area contributed by atoms with Crippen LogP contribution in [0.1, 0.15) is 36.9 Å². The largest absolute Gasteiger partial charge is 0.466 e. The number of rotatable bonds is 3. The number of allylic oxidation sites excluding steroid dienone is 1. The molecule has 1 saturated carbocycles. The first-order valence-electron chi connectivity index (χ1n) is 7.48. The van der Waals surface area contributed by atoms with Crippen LogP contribution in [-0.4, -0.2) is 30.1 Å². The molecule has 1 heterocycles. The molecule has 0 aromatic heterocycles. The Balaban J connectivity index is 2.06. The van der Waals surface area contributed by atoms with Crippen molar-refractivity contribution in [2.24, 2.45) is 0 Å². The molecule has 2 aliphatic rings. The predicted molar refractivity (Wildman–Crippen MR) is 82.0 cm³/mol. The van der Waals surface area contributed by atoms with Gasteiger partial charge in [-0.15, -0.1) is 0 Å². The minimum Gasteiger partial charge on any atom is -0.466 e. The summed E-state index contributed by atoms with van der Waals surface area (Å²) >= 11 is 0. The highest BCUT2D eigenvalue weighted by Gasteiger charge is 2.42. The predicted octanol–water partition coefficient (Wildman–Crippen LogP) is 2.67. The number of hydrogen-bond acceptors (Lipinski definition) is 3. The van der Waals surface area contributed by atoms with Gasteiger partial charge in [0.2, 0.25) is 0 Å². The summed E-state index contributed by atoms with van der Waals surface area (Å²) in [4.78, 5) is 26.4. The molecule has 0 bridgehead atoms. The smallest absolute Gasteiger partial charge is 0.337 e. The van der Waals surface area contributed by atoms with E-state index in [2.05, 4.69) is 5.32 Å². The summed E-state index contributed by atoms with van der Waals surface area (Å²) in [5.74, 6) is -0.395. The first kappa shape index (κ1) is 14.6. The zero-order valence-corrected chi connectivity index (χ0v) is 13.1. The number of carbonyl (C=O) groups is 2. The van der Waals surface area contributed by atoms with Crippen LogP contribution in [0.2, 0.25) is 0 Å². The monoisotopic (exact) mass is 300 g/mol. The summed E-state index contributed by atoms with van der Waals surface area (Å²) < 4.78 is 4.94. The average molecular weight is 300 g/mol. The summed E-state index contributed by atoms with van der Waals surface area (Å²) in [5.41, 5.74) is 3.22. The molecule has 1 aromatic rings. The van der Waals surface area contributed by atoms with Crippen molar-refractivity contribution in [1.29, 1.82) is 0 Å². The molecule has 5 heteroatoms. The summed E-state index contributed by atoms with van der Waals surface area (Å²) in [6, 6.07) is 7.41. The van der Waals surface area contributed by atoms with Gasteiger partial charge < -0.3 is 10.1 Å². The van der Waals surface area contributed by atoms with Crippen molar-refractivity contribution in [3.05, 3.63) is 46.7 Å². The van der Waals surface area contributed by atoms with Crippen LogP contribution >= 0.6 is 0 Å². The van der Waals surface area contributed by atoms with E-state index in [1.54, 1.807) is 4.90 Å². The minimum absolute atomic E-state index is 0.141. The number of amides is 2. The molecule has 1 atom stereocenters. The summed E-state index contributed by atoms with van der Waals surface area (Å²) in [6.45, 7) is 3.82. The van der Waals surface area contributed by atoms with E-state index in [1.807, 2.05) is 38.1 Å². The van der Waals surface area contributed by atoms with E-state index < -0.39 is 12.0 Å². The molecule has 1 aliphatic carbocycles. The van der Waals surface area contributed by atoms with Gasteiger partial charge in [0, 0.05) is 11.7 Å². The van der Waals surface area contributed by atoms with Crippen LogP contribution < -0.4 is 5.32 Å². The van der Waals surface area contributed by atoms with Crippen molar-refractivity contribution < 1.29 is 14.3 Å². The number of esters is 1. The third-order valence-corrected chi connectivity index (χ3v) is 4.25. The number of benzene rings is 1. The molecular weight excluding hydrogens is 280 g/mol. The van der Waals surface area contributed by atoms with Gasteiger partial charge in [-0.3, -0.25) is 4.90 Å². The van der Waals surface area contributed by atoms with Crippen molar-refractivity contribution in [2.45, 2.75) is 38.8 Å². The molecule has 1 N–H and O–H groups in total. The highest BCUT2D eigenvalue weighted by molar-refractivity contribution is 5.95. The standard InChI is InChI=1S/C17H20N2O3/c1-10-4-6-12(7-5-10)15-14(16(20)22-3)11(2)19(13-8-9-13)17(21)18-15/h4-7,13,15H,8-9H2,1-3H3,(H,18,21)/t15-/m0/s1. The minimum atomic E-state index is -0.462. The van der Waals surface area contributed by atoms with Crippen LogP contribution in [-0.2, 0) is 9.53 Å². The Morgan fingerprint density at radius 3 is 2.41 bits per heavy atom. The second-order valence-corrected chi connectivity index (χ2v) is 5.89. The number of nitrogens with zero attached hydrogens (tertiary/aromatic N) is 1. The Labute approximate surface area is 129 Å². The molecule has 1 aliphatic heterocycles. The van der Waals surface area contributed by atoms with E-state index >= 15 is 0 Å². The summed E-state index contributed by atoms with van der Waals surface area (Å²) in [7, 11) is 1.37. The van der Waals surface area contributed by atoms with Gasteiger partial charge in [0.1, 0.15) is 0 Å². The third kappa shape index (κ3) is 2.47. The molecule has 2 amide bonds. The fourth-order valence-electron chi connectivity index (χ4n) is 2.91. The van der Waals surface area contributed by atoms with Gasteiger partial charge in [-0.25, -0.2) is 9.59 Å². The fourth-order valence-corrected chi connectivity index (χ4v) is 2.91. The molecule has 0 radical (unpaired) electrons. The Bertz CT molecular complexity index is 644. The highest BCUT2D eigenvalue weighted by atomic mass is 16.5. The van der Waals surface area contributed by atoms with Crippen LogP contribution in [0.5, 0.6) is 0 Å². The fraction of sp³-hybridized carbons (Fsp3) is 0.412. The van der Waals surface area contributed by atoms with Crippen LogP contribution in [0.15, 0.2) is 35.5 Å². The lowest BCUT2D eigenvalue weighted by Crippen LogP contribution is -2.48. The Morgan fingerprint density at radius 1 is 1.23 bits per heavy atom. The Hall–Kier alpha value is -2.30. The van der Waals surface area contributed by atoms with E-state index in [-0.39, 0.29) is 12.1 Å². The van der Waals surface area contributed by atoms with Gasteiger partial charge in [0.05, 0.1) is 18.7 Å². The van der Waals surface area contributed by atoms with E-state index in [4.69, 9.17) is 4.74 Å². The molecule has 1 fully saturated rings. The lowest BCUT2D eigenvalue weighted by atomic mass is 9.94. The number of nitrogens with one attached hydrogen (secondary N) is 1. The van der Waals surface area contributed by atoms with Gasteiger partial charge in [-0.05, 0) is 32.3 Å². The third-order valence-electron chi connectivity index (χ3n) is 4.25. The molecule has 3 rings (SSSR count). The number of carbonyl (C=O) groups excluding carboxylic acids is 2. The zero-order chi connectivity index (χ0) is 15.9. The molecule has 1 aromatic carbocycles. The maximum Gasteiger partial charge on any atom is 0.337 e. The first-order chi connectivity index (χ1) is 10.5. The van der Waals surface area contributed by atoms with Gasteiger partial charge in [-0.1, -0.05) is 29.8 Å². The van der Waals surface area contributed by atoms with Crippen molar-refractivity contribution in [1.82, 2.24) is 10.2 Å². The van der Waals surface area contributed by atoms with Crippen molar-refractivity contribution in [2.75, 3.05) is 7.11 Å². The second-order valence-electron chi connectivity index (χ2n) is 5.89. The maximum absolute atomic E-state index is 12.4. The normalized spacial score (nSPS) is 21.7. The van der Waals surface area contributed by atoms with Crippen LogP contribution in [0.25, 0.3) is 0 Å². The topological polar surface area (TPSA) is 58.6 Å². The van der Waals surface area contributed by atoms with Gasteiger partial charge in [0.15, 0.2) is 0 Å². The van der Waals surface area contributed by atoms with E-state index in [0.717, 1.165) is 24.0 Å². The van der Waals surface area contributed by atoms with Gasteiger partial charge in [-0.2, -0.15) is 0 Å². The van der Waals surface area contributed by atoms with E-state index in [9.17, 15) is 9.59 Å². The van der Waals surface area contributed by atoms with Crippen LogP contribution in [0.4, 0.5) is 4.79 Å². The summed E-state index contributed by atoms with van der Waals surface area (Å²) in [5, 5.41) is 2.95. The second kappa shape index (κ2) is 5.48. The lowest BCUT2D eigenvalue weighted by molar-refractivity contribution is -0.136. The lowest BCUT2D eigenvalue weighted by Gasteiger charge is -2.35. The van der Waals surface area contributed by atoms with Gasteiger partial charge in [0.25, 0.3) is 0 Å². The van der Waals surface area contributed by atoms with Crippen molar-refractivity contribution >= 4 is 12.0 Å². The van der Waals surface area contributed by atoms with E-state index in [1.165, 1.54) is 7.11 Å². The highest BCUT2D eigenvalue weighted by Crippen LogP contribution is 2.37. The van der Waals surface area contributed by atoms with Gasteiger partial charge >= 0.3 is 12.0 Å². The quantitative estimate of drug-likeness (QED) is 0.873. The van der Waals surface area contributed by atoms with Crippen LogP contribution in [0.3, 0.4) is 0 Å². The molecule has 0 saturated heterocycles. The van der Waals surface area contributed by atoms with Crippen molar-refractivity contribution in [3.63, 3.8) is 0 Å². The summed E-state index contributed by atoms with van der Waals surface area (Å²) in [6.07, 6.45) is 1.96. The molecule has 0 spiro atoms. The average Bonchev–Trinajstić information content (AvgIpc) is 3.31. The van der Waals surface area contributed by atoms with E-state index in [0.29, 0.717) is 11.3 Å².